The quantitative estimate of drug-likeness (QED) is 0.858. The molecule has 2 aromatic rings. The Labute approximate surface area is 143 Å². The van der Waals surface area contributed by atoms with Gasteiger partial charge < -0.3 is 15.1 Å². The number of nitrogens with one attached hydrogen (secondary N) is 2. The number of thioether (sulfide) groups is 1. The van der Waals surface area contributed by atoms with Crippen molar-refractivity contribution in [3.05, 3.63) is 29.5 Å². The van der Waals surface area contributed by atoms with Gasteiger partial charge in [0.25, 0.3) is 0 Å². The largest absolute Gasteiger partial charge is 0.443 e. The average molecular weight is 360 g/mol. The molecule has 2 N–H and O–H groups in total. The van der Waals surface area contributed by atoms with Gasteiger partial charge in [0, 0.05) is 30.5 Å². The van der Waals surface area contributed by atoms with Gasteiger partial charge in [0.15, 0.2) is 0 Å². The zero-order valence-corrected chi connectivity index (χ0v) is 14.4. The number of halogens is 1. The van der Waals surface area contributed by atoms with Crippen molar-refractivity contribution in [1.82, 2.24) is 15.6 Å². The van der Waals surface area contributed by atoms with Crippen molar-refractivity contribution in [2.75, 3.05) is 18.1 Å². The summed E-state index contributed by atoms with van der Waals surface area (Å²) < 4.78 is 5.42. The first-order valence-corrected chi connectivity index (χ1v) is 8.91. The lowest BCUT2D eigenvalue weighted by atomic mass is 10.2. The molecule has 1 aliphatic heterocycles. The summed E-state index contributed by atoms with van der Waals surface area (Å²) in [7, 11) is 0. The van der Waals surface area contributed by atoms with Crippen LogP contribution >= 0.6 is 35.5 Å². The topological polar surface area (TPSA) is 67.2 Å². The third kappa shape index (κ3) is 4.74. The van der Waals surface area contributed by atoms with Crippen LogP contribution < -0.4 is 10.6 Å². The van der Waals surface area contributed by atoms with Gasteiger partial charge in [-0.2, -0.15) is 11.8 Å². The molecule has 1 fully saturated rings. The summed E-state index contributed by atoms with van der Waals surface area (Å²) in [5, 5.41) is 8.24. The van der Waals surface area contributed by atoms with Gasteiger partial charge in [-0.15, -0.1) is 23.7 Å². The van der Waals surface area contributed by atoms with Crippen LogP contribution in [0.3, 0.4) is 0 Å². The number of carbonyl (C=O) groups is 1. The number of rotatable bonds is 5. The number of amides is 1. The van der Waals surface area contributed by atoms with E-state index in [0.717, 1.165) is 28.6 Å². The first kappa shape index (κ1) is 17.3. The van der Waals surface area contributed by atoms with Crippen molar-refractivity contribution in [2.24, 2.45) is 0 Å². The molecule has 1 amide bonds. The molecule has 3 heterocycles. The molecule has 3 rings (SSSR count). The zero-order valence-electron chi connectivity index (χ0n) is 11.9. The molecular formula is C14H18ClN3O2S2. The maximum Gasteiger partial charge on any atom is 0.236 e. The zero-order chi connectivity index (χ0) is 14.5. The summed E-state index contributed by atoms with van der Waals surface area (Å²) in [5.41, 5.74) is 0.748. The standard InChI is InChI=1S/C14H17N3O2S2.ClH/c18-13(6-10-9-20-5-3-15-10)16-7-11-8-19-14(17-11)12-2-1-4-21-12;/h1-2,4,8,10,15H,3,5-7,9H2,(H,16,18);1H. The number of oxazole rings is 1. The first-order chi connectivity index (χ1) is 10.3. The van der Waals surface area contributed by atoms with E-state index in [-0.39, 0.29) is 24.4 Å². The van der Waals surface area contributed by atoms with Crippen LogP contribution in [0.2, 0.25) is 0 Å². The number of thiophene rings is 1. The molecule has 0 saturated carbocycles. The molecule has 22 heavy (non-hydrogen) atoms. The Hall–Kier alpha value is -1.02. The SMILES string of the molecule is Cl.O=C(CC1CSCCN1)NCc1coc(-c2cccs2)n1. The average Bonchev–Trinajstić information content (AvgIpc) is 3.17. The molecule has 120 valence electrons. The van der Waals surface area contributed by atoms with Gasteiger partial charge >= 0.3 is 0 Å². The Morgan fingerprint density at radius 3 is 3.18 bits per heavy atom. The van der Waals surface area contributed by atoms with E-state index >= 15 is 0 Å². The van der Waals surface area contributed by atoms with Crippen LogP contribution in [0.1, 0.15) is 12.1 Å². The van der Waals surface area contributed by atoms with E-state index in [1.165, 1.54) is 0 Å². The van der Waals surface area contributed by atoms with Crippen LogP contribution in [0, 0.1) is 0 Å². The first-order valence-electron chi connectivity index (χ1n) is 6.87. The van der Waals surface area contributed by atoms with E-state index < -0.39 is 0 Å². The van der Waals surface area contributed by atoms with Crippen molar-refractivity contribution in [1.29, 1.82) is 0 Å². The molecule has 1 saturated heterocycles. The third-order valence-electron chi connectivity index (χ3n) is 3.18. The van der Waals surface area contributed by atoms with Crippen LogP contribution in [0.15, 0.2) is 28.2 Å². The Balaban J connectivity index is 0.00000176. The fraction of sp³-hybridized carbons (Fsp3) is 0.429. The van der Waals surface area contributed by atoms with Gasteiger partial charge in [0.2, 0.25) is 11.8 Å². The van der Waals surface area contributed by atoms with Gasteiger partial charge in [0.05, 0.1) is 17.1 Å². The normalized spacial score (nSPS) is 17.7. The Kier molecular flexibility index (Phi) is 6.75. The summed E-state index contributed by atoms with van der Waals surface area (Å²) >= 11 is 3.48. The molecule has 0 aromatic carbocycles. The molecule has 2 aromatic heterocycles. The number of nitrogens with zero attached hydrogens (tertiary/aromatic N) is 1. The minimum atomic E-state index is 0. The van der Waals surface area contributed by atoms with Crippen molar-refractivity contribution in [3.8, 4) is 10.8 Å². The number of carbonyl (C=O) groups excluding carboxylic acids is 1. The van der Waals surface area contributed by atoms with Crippen LogP contribution in [0.25, 0.3) is 10.8 Å². The van der Waals surface area contributed by atoms with Crippen LogP contribution in [-0.2, 0) is 11.3 Å². The van der Waals surface area contributed by atoms with Gasteiger partial charge in [-0.05, 0) is 11.4 Å². The number of aromatic nitrogens is 1. The second-order valence-electron chi connectivity index (χ2n) is 4.83. The van der Waals surface area contributed by atoms with E-state index in [1.807, 2.05) is 29.3 Å². The monoisotopic (exact) mass is 359 g/mol. The van der Waals surface area contributed by atoms with Crippen LogP contribution in [-0.4, -0.2) is 35.0 Å². The highest BCUT2D eigenvalue weighted by Gasteiger charge is 2.16. The van der Waals surface area contributed by atoms with E-state index in [1.54, 1.807) is 17.6 Å². The Morgan fingerprint density at radius 2 is 2.45 bits per heavy atom. The fourth-order valence-electron chi connectivity index (χ4n) is 2.14. The molecule has 1 aliphatic rings. The highest BCUT2D eigenvalue weighted by atomic mass is 35.5. The van der Waals surface area contributed by atoms with Gasteiger partial charge in [0.1, 0.15) is 6.26 Å². The van der Waals surface area contributed by atoms with E-state index in [9.17, 15) is 4.79 Å². The smallest absolute Gasteiger partial charge is 0.236 e. The van der Waals surface area contributed by atoms with Gasteiger partial charge in [-0.1, -0.05) is 6.07 Å². The lowest BCUT2D eigenvalue weighted by Gasteiger charge is -2.22. The highest BCUT2D eigenvalue weighted by molar-refractivity contribution is 7.99. The molecule has 1 unspecified atom stereocenters. The maximum atomic E-state index is 11.9. The molecule has 1 atom stereocenters. The maximum absolute atomic E-state index is 11.9. The highest BCUT2D eigenvalue weighted by Crippen LogP contribution is 2.23. The van der Waals surface area contributed by atoms with E-state index in [4.69, 9.17) is 4.42 Å². The summed E-state index contributed by atoms with van der Waals surface area (Å²) in [6.45, 7) is 1.39. The lowest BCUT2D eigenvalue weighted by molar-refractivity contribution is -0.121. The van der Waals surface area contributed by atoms with E-state index in [0.29, 0.717) is 18.9 Å². The Morgan fingerprint density at radius 1 is 1.55 bits per heavy atom. The molecule has 0 bridgehead atoms. The second kappa shape index (κ2) is 8.57. The van der Waals surface area contributed by atoms with Crippen LogP contribution in [0.5, 0.6) is 0 Å². The van der Waals surface area contributed by atoms with Crippen molar-refractivity contribution in [3.63, 3.8) is 0 Å². The predicted octanol–water partition coefficient (Wildman–Crippen LogP) is 2.54. The number of hydrogen-bond acceptors (Lipinski definition) is 6. The Bertz CT molecular complexity index is 583. The lowest BCUT2D eigenvalue weighted by Crippen LogP contribution is -2.41. The molecule has 0 radical (unpaired) electrons. The van der Waals surface area contributed by atoms with Gasteiger partial charge in [-0.25, -0.2) is 4.98 Å². The van der Waals surface area contributed by atoms with E-state index in [2.05, 4.69) is 15.6 Å². The predicted molar refractivity (Wildman–Crippen MR) is 92.6 cm³/mol. The summed E-state index contributed by atoms with van der Waals surface area (Å²) in [6.07, 6.45) is 2.12. The van der Waals surface area contributed by atoms with Crippen LogP contribution in [0.4, 0.5) is 0 Å². The molecular weight excluding hydrogens is 342 g/mol. The molecule has 0 spiro atoms. The molecule has 0 aliphatic carbocycles. The summed E-state index contributed by atoms with van der Waals surface area (Å²) in [6, 6.07) is 4.20. The minimum absolute atomic E-state index is 0. The second-order valence-corrected chi connectivity index (χ2v) is 6.93. The van der Waals surface area contributed by atoms with Gasteiger partial charge in [-0.3, -0.25) is 4.79 Å². The van der Waals surface area contributed by atoms with Crippen molar-refractivity contribution in [2.45, 2.75) is 19.0 Å². The van der Waals surface area contributed by atoms with Crippen molar-refractivity contribution < 1.29 is 9.21 Å². The summed E-state index contributed by atoms with van der Waals surface area (Å²) in [4.78, 5) is 17.3. The summed E-state index contributed by atoms with van der Waals surface area (Å²) in [5.74, 6) is 2.79. The minimum Gasteiger partial charge on any atom is -0.443 e. The van der Waals surface area contributed by atoms with Crippen molar-refractivity contribution >= 4 is 41.4 Å². The number of hydrogen-bond donors (Lipinski definition) is 2. The fourth-order valence-corrected chi connectivity index (χ4v) is 3.74. The third-order valence-corrected chi connectivity index (χ3v) is 5.17. The molecule has 8 heteroatoms. The molecule has 5 nitrogen and oxygen atoms in total.